The second-order valence-electron chi connectivity index (χ2n) is 9.94. The molecule has 0 radical (unpaired) electrons. The summed E-state index contributed by atoms with van der Waals surface area (Å²) < 4.78 is 5.62. The van der Waals surface area contributed by atoms with Crippen LogP contribution in [0.15, 0.2) is 40.7 Å². The summed E-state index contributed by atoms with van der Waals surface area (Å²) in [5, 5.41) is 13.7. The van der Waals surface area contributed by atoms with E-state index in [1.807, 2.05) is 24.8 Å². The molecule has 1 fully saturated rings. The predicted molar refractivity (Wildman–Crippen MR) is 123 cm³/mol. The quantitative estimate of drug-likeness (QED) is 0.728. The van der Waals surface area contributed by atoms with E-state index in [-0.39, 0.29) is 22.9 Å². The molecule has 0 unspecified atom stereocenters. The lowest BCUT2D eigenvalue weighted by Crippen LogP contribution is -2.43. The molecule has 2 heterocycles. The monoisotopic (exact) mass is 438 g/mol. The molecule has 6 heteroatoms. The standard InChI is InChI=1S/C26H34N2O4/c1-5-32-21-13-17(9-10-19(21)29)23-22(25(31)28-11-7-6-8-12-28)16(2)27-18-14-26(3,4)15-20(30)24(18)23/h9-10,13,23,27,29H,5-8,11-12,14-15H2,1-4H3/t23-/m0/s1. The molecule has 3 aliphatic rings. The van der Waals surface area contributed by atoms with Crippen molar-refractivity contribution >= 4 is 11.7 Å². The SMILES string of the molecule is CCOc1cc([C@H]2C(C(=O)N3CCCCC3)=C(C)NC3=C2C(=O)CC(C)(C)C3)ccc1O. The van der Waals surface area contributed by atoms with Crippen molar-refractivity contribution in [3.8, 4) is 11.5 Å². The van der Waals surface area contributed by atoms with Gasteiger partial charge in [-0.2, -0.15) is 0 Å². The zero-order chi connectivity index (χ0) is 23.0. The summed E-state index contributed by atoms with van der Waals surface area (Å²) in [7, 11) is 0. The lowest BCUT2D eigenvalue weighted by molar-refractivity contribution is -0.128. The van der Waals surface area contributed by atoms with Crippen LogP contribution in [0.5, 0.6) is 11.5 Å². The van der Waals surface area contributed by atoms with Gasteiger partial charge in [-0.05, 0) is 62.6 Å². The molecule has 1 saturated heterocycles. The molecular weight excluding hydrogens is 404 g/mol. The number of hydrogen-bond donors (Lipinski definition) is 2. The smallest absolute Gasteiger partial charge is 0.252 e. The van der Waals surface area contributed by atoms with E-state index in [1.165, 1.54) is 0 Å². The normalized spacial score (nSPS) is 23.1. The van der Waals surface area contributed by atoms with Gasteiger partial charge in [0.1, 0.15) is 0 Å². The second kappa shape index (κ2) is 8.64. The molecule has 4 rings (SSSR count). The number of aromatic hydroxyl groups is 1. The van der Waals surface area contributed by atoms with Crippen molar-refractivity contribution in [2.24, 2.45) is 5.41 Å². The maximum absolute atomic E-state index is 13.7. The second-order valence-corrected chi connectivity index (χ2v) is 9.94. The Bertz CT molecular complexity index is 999. The largest absolute Gasteiger partial charge is 0.504 e. The van der Waals surface area contributed by atoms with E-state index in [9.17, 15) is 14.7 Å². The number of phenols is 1. The van der Waals surface area contributed by atoms with E-state index < -0.39 is 5.92 Å². The van der Waals surface area contributed by atoms with Gasteiger partial charge in [-0.3, -0.25) is 9.59 Å². The number of nitrogens with one attached hydrogen (secondary N) is 1. The van der Waals surface area contributed by atoms with Crippen molar-refractivity contribution in [3.05, 3.63) is 46.3 Å². The molecule has 32 heavy (non-hydrogen) atoms. The number of amides is 1. The highest BCUT2D eigenvalue weighted by atomic mass is 16.5. The first-order chi connectivity index (χ1) is 15.2. The van der Waals surface area contributed by atoms with Crippen molar-refractivity contribution in [2.45, 2.75) is 65.7 Å². The Hall–Kier alpha value is -2.76. The number of carbonyl (C=O) groups excluding carboxylic acids is 2. The molecule has 172 valence electrons. The molecule has 2 N–H and O–H groups in total. The lowest BCUT2D eigenvalue weighted by Gasteiger charge is -2.41. The molecule has 1 aromatic carbocycles. The van der Waals surface area contributed by atoms with Crippen LogP contribution < -0.4 is 10.1 Å². The first-order valence-corrected chi connectivity index (χ1v) is 11.7. The highest BCUT2D eigenvalue weighted by Crippen LogP contribution is 2.48. The third-order valence-corrected chi connectivity index (χ3v) is 6.73. The van der Waals surface area contributed by atoms with E-state index in [0.29, 0.717) is 29.9 Å². The van der Waals surface area contributed by atoms with Gasteiger partial charge in [-0.1, -0.05) is 19.9 Å². The number of piperidine rings is 1. The molecule has 1 atom stereocenters. The van der Waals surface area contributed by atoms with Gasteiger partial charge in [0.05, 0.1) is 6.61 Å². The van der Waals surface area contributed by atoms with Gasteiger partial charge in [-0.15, -0.1) is 0 Å². The number of ketones is 1. The first kappa shape index (κ1) is 22.4. The molecule has 0 bridgehead atoms. The molecule has 1 amide bonds. The van der Waals surface area contributed by atoms with Crippen LogP contribution in [-0.4, -0.2) is 41.4 Å². The summed E-state index contributed by atoms with van der Waals surface area (Å²) >= 11 is 0. The van der Waals surface area contributed by atoms with Crippen molar-refractivity contribution in [2.75, 3.05) is 19.7 Å². The molecule has 1 aliphatic carbocycles. The van der Waals surface area contributed by atoms with Crippen molar-refractivity contribution in [3.63, 3.8) is 0 Å². The fourth-order valence-electron chi connectivity index (χ4n) is 5.30. The maximum atomic E-state index is 13.7. The molecule has 2 aliphatic heterocycles. The van der Waals surface area contributed by atoms with E-state index >= 15 is 0 Å². The van der Waals surface area contributed by atoms with Crippen LogP contribution in [0.25, 0.3) is 0 Å². The first-order valence-electron chi connectivity index (χ1n) is 11.7. The van der Waals surface area contributed by atoms with E-state index in [1.54, 1.807) is 12.1 Å². The minimum absolute atomic E-state index is 0.00471. The van der Waals surface area contributed by atoms with Gasteiger partial charge in [0, 0.05) is 48.0 Å². The van der Waals surface area contributed by atoms with Crippen LogP contribution in [0.4, 0.5) is 0 Å². The number of allylic oxidation sites excluding steroid dienone is 3. The number of benzene rings is 1. The number of ether oxygens (including phenoxy) is 1. The van der Waals surface area contributed by atoms with Crippen LogP contribution in [0.2, 0.25) is 0 Å². The Kier molecular flexibility index (Phi) is 6.06. The summed E-state index contributed by atoms with van der Waals surface area (Å²) in [6.45, 7) is 9.91. The summed E-state index contributed by atoms with van der Waals surface area (Å²) in [6.07, 6.45) is 4.35. The molecule has 6 nitrogen and oxygen atoms in total. The average Bonchev–Trinajstić information content (AvgIpc) is 2.74. The van der Waals surface area contributed by atoms with Crippen LogP contribution in [0, 0.1) is 5.41 Å². The zero-order valence-corrected chi connectivity index (χ0v) is 19.6. The summed E-state index contributed by atoms with van der Waals surface area (Å²) in [6, 6.07) is 5.18. The highest BCUT2D eigenvalue weighted by molar-refractivity contribution is 6.05. The summed E-state index contributed by atoms with van der Waals surface area (Å²) in [4.78, 5) is 29.1. The Morgan fingerprint density at radius 2 is 1.94 bits per heavy atom. The third-order valence-electron chi connectivity index (χ3n) is 6.73. The topological polar surface area (TPSA) is 78.9 Å². The Morgan fingerprint density at radius 1 is 1.22 bits per heavy atom. The number of Topliss-reactive ketones (excluding diaryl/α,β-unsaturated/α-hetero) is 1. The Morgan fingerprint density at radius 3 is 2.62 bits per heavy atom. The van der Waals surface area contributed by atoms with E-state index in [4.69, 9.17) is 4.74 Å². The number of hydrogen-bond acceptors (Lipinski definition) is 5. The van der Waals surface area contributed by atoms with Crippen molar-refractivity contribution < 1.29 is 19.4 Å². The van der Waals surface area contributed by atoms with Gasteiger partial charge < -0.3 is 20.1 Å². The molecule has 0 aromatic heterocycles. The fraction of sp³-hybridized carbons (Fsp3) is 0.538. The molecular formula is C26H34N2O4. The van der Waals surface area contributed by atoms with E-state index in [2.05, 4.69) is 19.2 Å². The zero-order valence-electron chi connectivity index (χ0n) is 19.6. The fourth-order valence-corrected chi connectivity index (χ4v) is 5.30. The van der Waals surface area contributed by atoms with Crippen LogP contribution in [0.1, 0.15) is 71.3 Å². The van der Waals surface area contributed by atoms with Gasteiger partial charge in [0.2, 0.25) is 0 Å². The summed E-state index contributed by atoms with van der Waals surface area (Å²) in [5.74, 6) is 0.0337. The number of likely N-dealkylation sites (tertiary alicyclic amines) is 1. The maximum Gasteiger partial charge on any atom is 0.252 e. The van der Waals surface area contributed by atoms with Gasteiger partial charge in [-0.25, -0.2) is 0 Å². The Labute approximate surface area is 190 Å². The summed E-state index contributed by atoms with van der Waals surface area (Å²) in [5.41, 5.74) is 3.70. The number of phenolic OH excluding ortho intramolecular Hbond substituents is 1. The van der Waals surface area contributed by atoms with Gasteiger partial charge in [0.25, 0.3) is 5.91 Å². The average molecular weight is 439 g/mol. The van der Waals surface area contributed by atoms with Crippen LogP contribution in [0.3, 0.4) is 0 Å². The third kappa shape index (κ3) is 4.15. The minimum atomic E-state index is -0.468. The van der Waals surface area contributed by atoms with Crippen molar-refractivity contribution in [1.29, 1.82) is 0 Å². The minimum Gasteiger partial charge on any atom is -0.504 e. The number of carbonyl (C=O) groups is 2. The predicted octanol–water partition coefficient (Wildman–Crippen LogP) is 4.41. The molecule has 1 aromatic rings. The van der Waals surface area contributed by atoms with Gasteiger partial charge in [0.15, 0.2) is 17.3 Å². The van der Waals surface area contributed by atoms with Crippen LogP contribution in [-0.2, 0) is 9.59 Å². The number of nitrogens with zero attached hydrogens (tertiary/aromatic N) is 1. The van der Waals surface area contributed by atoms with E-state index in [0.717, 1.165) is 55.7 Å². The number of dihydropyridines is 1. The lowest BCUT2D eigenvalue weighted by atomic mass is 9.68. The van der Waals surface area contributed by atoms with Crippen molar-refractivity contribution in [1.82, 2.24) is 10.2 Å². The highest BCUT2D eigenvalue weighted by Gasteiger charge is 2.43. The van der Waals surface area contributed by atoms with Gasteiger partial charge >= 0.3 is 0 Å². The number of rotatable bonds is 4. The molecule has 0 spiro atoms. The molecule has 0 saturated carbocycles. The Balaban J connectivity index is 1.85. The van der Waals surface area contributed by atoms with Crippen LogP contribution >= 0.6 is 0 Å².